The fourth-order valence-corrected chi connectivity index (χ4v) is 3.27. The van der Waals surface area contributed by atoms with Crippen LogP contribution in [0.5, 0.6) is 5.75 Å². The lowest BCUT2D eigenvalue weighted by Gasteiger charge is -2.22. The Morgan fingerprint density at radius 1 is 1.08 bits per heavy atom. The summed E-state index contributed by atoms with van der Waals surface area (Å²) in [4.78, 5) is 16.0. The van der Waals surface area contributed by atoms with Gasteiger partial charge in [0.1, 0.15) is 5.75 Å². The van der Waals surface area contributed by atoms with Crippen LogP contribution in [0.15, 0.2) is 60.9 Å². The summed E-state index contributed by atoms with van der Waals surface area (Å²) in [6.45, 7) is 2.07. The van der Waals surface area contributed by atoms with E-state index in [-0.39, 0.29) is 5.92 Å². The van der Waals surface area contributed by atoms with Crippen molar-refractivity contribution in [2.75, 3.05) is 7.11 Å². The Balaban J connectivity index is 2.26. The lowest BCUT2D eigenvalue weighted by molar-refractivity contribution is 0.0997. The number of methoxy groups -OCH3 is 1. The number of nitrogens with two attached hydrogens (primary N) is 1. The van der Waals surface area contributed by atoms with Crippen LogP contribution in [0.4, 0.5) is 0 Å². The highest BCUT2D eigenvalue weighted by molar-refractivity contribution is 6.30. The Morgan fingerprint density at radius 2 is 1.73 bits per heavy atom. The lowest BCUT2D eigenvalue weighted by atomic mass is 9.85. The molecule has 1 aromatic heterocycles. The summed E-state index contributed by atoms with van der Waals surface area (Å²) in [5.74, 6) is -0.0633. The van der Waals surface area contributed by atoms with E-state index in [1.807, 2.05) is 42.5 Å². The second-order valence-corrected chi connectivity index (χ2v) is 6.42. The van der Waals surface area contributed by atoms with Gasteiger partial charge in [-0.05, 0) is 47.0 Å². The summed E-state index contributed by atoms with van der Waals surface area (Å²) in [6.07, 6.45) is 3.47. The van der Waals surface area contributed by atoms with Gasteiger partial charge in [0.15, 0.2) is 0 Å². The van der Waals surface area contributed by atoms with Crippen molar-refractivity contribution in [3.63, 3.8) is 0 Å². The number of primary amides is 1. The average Bonchev–Trinajstić information content (AvgIpc) is 2.67. The van der Waals surface area contributed by atoms with E-state index >= 15 is 0 Å². The minimum Gasteiger partial charge on any atom is -0.496 e. The highest BCUT2D eigenvalue weighted by atomic mass is 35.5. The van der Waals surface area contributed by atoms with E-state index in [0.717, 1.165) is 22.3 Å². The van der Waals surface area contributed by atoms with Crippen LogP contribution in [-0.2, 0) is 0 Å². The number of carbonyl (C=O) groups is 1. The van der Waals surface area contributed by atoms with Crippen molar-refractivity contribution in [3.05, 3.63) is 82.6 Å². The number of hydrogen-bond acceptors (Lipinski definition) is 3. The van der Waals surface area contributed by atoms with Gasteiger partial charge in [-0.15, -0.1) is 0 Å². The third-order valence-corrected chi connectivity index (χ3v) is 4.71. The fraction of sp³-hybridized carbons (Fsp3) is 0.143. The van der Waals surface area contributed by atoms with E-state index < -0.39 is 5.91 Å². The SMILES string of the molecule is COc1c(C(N)=O)ccc(-c2ccncc2)c1[C@@H](C)c1ccc(Cl)cc1. The number of aromatic nitrogens is 1. The molecule has 3 rings (SSSR count). The summed E-state index contributed by atoms with van der Waals surface area (Å²) < 4.78 is 5.62. The molecule has 4 nitrogen and oxygen atoms in total. The maximum absolute atomic E-state index is 11.9. The Hall–Kier alpha value is -2.85. The number of pyridine rings is 1. The maximum Gasteiger partial charge on any atom is 0.252 e. The van der Waals surface area contributed by atoms with Crippen molar-refractivity contribution < 1.29 is 9.53 Å². The molecule has 132 valence electrons. The lowest BCUT2D eigenvalue weighted by Crippen LogP contribution is -2.15. The van der Waals surface area contributed by atoms with E-state index in [1.165, 1.54) is 0 Å². The Labute approximate surface area is 157 Å². The van der Waals surface area contributed by atoms with Crippen LogP contribution in [0.1, 0.15) is 34.3 Å². The van der Waals surface area contributed by atoms with Crippen LogP contribution < -0.4 is 10.5 Å². The van der Waals surface area contributed by atoms with E-state index in [2.05, 4.69) is 11.9 Å². The van der Waals surface area contributed by atoms with Crippen LogP contribution in [0.2, 0.25) is 5.02 Å². The molecule has 1 atom stereocenters. The van der Waals surface area contributed by atoms with Gasteiger partial charge in [0.2, 0.25) is 0 Å². The third-order valence-electron chi connectivity index (χ3n) is 4.46. The maximum atomic E-state index is 11.9. The summed E-state index contributed by atoms with van der Waals surface area (Å²) >= 11 is 6.02. The molecule has 1 amide bonds. The van der Waals surface area contributed by atoms with Gasteiger partial charge >= 0.3 is 0 Å². The summed E-state index contributed by atoms with van der Waals surface area (Å²) in [7, 11) is 1.55. The predicted octanol–water partition coefficient (Wildman–Crippen LogP) is 4.66. The molecular weight excluding hydrogens is 348 g/mol. The molecule has 0 saturated carbocycles. The molecule has 0 aliphatic heterocycles. The zero-order valence-electron chi connectivity index (χ0n) is 14.6. The van der Waals surface area contributed by atoms with E-state index in [1.54, 1.807) is 25.6 Å². The van der Waals surface area contributed by atoms with E-state index in [9.17, 15) is 4.79 Å². The smallest absolute Gasteiger partial charge is 0.252 e. The van der Waals surface area contributed by atoms with Crippen molar-refractivity contribution in [1.29, 1.82) is 0 Å². The fourth-order valence-electron chi connectivity index (χ4n) is 3.14. The Kier molecular flexibility index (Phi) is 5.24. The van der Waals surface area contributed by atoms with Gasteiger partial charge in [-0.3, -0.25) is 9.78 Å². The van der Waals surface area contributed by atoms with Gasteiger partial charge in [0, 0.05) is 28.9 Å². The number of rotatable bonds is 5. The zero-order valence-corrected chi connectivity index (χ0v) is 15.3. The van der Waals surface area contributed by atoms with Crippen LogP contribution >= 0.6 is 11.6 Å². The predicted molar refractivity (Wildman–Crippen MR) is 104 cm³/mol. The minimum absolute atomic E-state index is 0.0373. The monoisotopic (exact) mass is 366 g/mol. The normalized spacial score (nSPS) is 11.8. The number of carbonyl (C=O) groups excluding carboxylic acids is 1. The number of benzene rings is 2. The van der Waals surface area contributed by atoms with Gasteiger partial charge < -0.3 is 10.5 Å². The van der Waals surface area contributed by atoms with Crippen molar-refractivity contribution >= 4 is 17.5 Å². The molecule has 0 unspecified atom stereocenters. The van der Waals surface area contributed by atoms with E-state index in [4.69, 9.17) is 22.1 Å². The largest absolute Gasteiger partial charge is 0.496 e. The van der Waals surface area contributed by atoms with Gasteiger partial charge in [-0.25, -0.2) is 0 Å². The molecule has 2 N–H and O–H groups in total. The van der Waals surface area contributed by atoms with Crippen LogP contribution in [0.25, 0.3) is 11.1 Å². The molecule has 5 heteroatoms. The summed E-state index contributed by atoms with van der Waals surface area (Å²) in [6, 6.07) is 15.1. The minimum atomic E-state index is -0.521. The molecule has 1 heterocycles. The second-order valence-electron chi connectivity index (χ2n) is 5.98. The van der Waals surface area contributed by atoms with Crippen molar-refractivity contribution in [2.24, 2.45) is 5.73 Å². The highest BCUT2D eigenvalue weighted by Crippen LogP contribution is 2.41. The average molecular weight is 367 g/mol. The first-order chi connectivity index (χ1) is 12.5. The Bertz CT molecular complexity index is 925. The van der Waals surface area contributed by atoms with Crippen LogP contribution in [0.3, 0.4) is 0 Å². The van der Waals surface area contributed by atoms with Crippen molar-refractivity contribution in [3.8, 4) is 16.9 Å². The van der Waals surface area contributed by atoms with Crippen molar-refractivity contribution in [1.82, 2.24) is 4.98 Å². The second kappa shape index (κ2) is 7.58. The summed E-state index contributed by atoms with van der Waals surface area (Å²) in [5, 5.41) is 0.674. The quantitative estimate of drug-likeness (QED) is 0.714. The molecule has 0 radical (unpaired) electrons. The first-order valence-corrected chi connectivity index (χ1v) is 8.57. The number of amides is 1. The zero-order chi connectivity index (χ0) is 18.7. The molecule has 0 saturated heterocycles. The van der Waals surface area contributed by atoms with Crippen molar-refractivity contribution in [2.45, 2.75) is 12.8 Å². The molecule has 3 aromatic rings. The molecule has 0 aliphatic rings. The Morgan fingerprint density at radius 3 is 2.31 bits per heavy atom. The highest BCUT2D eigenvalue weighted by Gasteiger charge is 2.23. The standard InChI is InChI=1S/C21H19ClN2O2/c1-13(14-3-5-16(22)6-4-14)19-17(15-9-11-24-12-10-15)7-8-18(21(23)25)20(19)26-2/h3-13H,1-2H3,(H2,23,25)/t13-/m0/s1. The molecule has 0 aliphatic carbocycles. The number of halogens is 1. The van der Waals surface area contributed by atoms with E-state index in [0.29, 0.717) is 16.3 Å². The first-order valence-electron chi connectivity index (χ1n) is 8.19. The number of hydrogen-bond donors (Lipinski definition) is 1. The molecule has 0 fully saturated rings. The van der Waals surface area contributed by atoms with Crippen LogP contribution in [-0.4, -0.2) is 18.0 Å². The topological polar surface area (TPSA) is 65.2 Å². The molecule has 26 heavy (non-hydrogen) atoms. The molecular formula is C21H19ClN2O2. The number of ether oxygens (including phenoxy) is 1. The molecule has 0 bridgehead atoms. The number of nitrogens with zero attached hydrogens (tertiary/aromatic N) is 1. The third kappa shape index (κ3) is 3.41. The van der Waals surface area contributed by atoms with Gasteiger partial charge in [0.05, 0.1) is 12.7 Å². The van der Waals surface area contributed by atoms with Gasteiger partial charge in [-0.2, -0.15) is 0 Å². The molecule has 2 aromatic carbocycles. The van der Waals surface area contributed by atoms with Crippen LogP contribution in [0, 0.1) is 0 Å². The molecule has 0 spiro atoms. The first kappa shape index (κ1) is 18.0. The van der Waals surface area contributed by atoms with Gasteiger partial charge in [-0.1, -0.05) is 36.7 Å². The summed E-state index contributed by atoms with van der Waals surface area (Å²) in [5.41, 5.74) is 9.84. The van der Waals surface area contributed by atoms with Gasteiger partial charge in [0.25, 0.3) is 5.91 Å².